The van der Waals surface area contributed by atoms with Crippen LogP contribution in [-0.4, -0.2) is 0 Å². The Labute approximate surface area is 133 Å². The van der Waals surface area contributed by atoms with E-state index in [1.54, 1.807) is 6.07 Å². The second-order valence-corrected chi connectivity index (χ2v) is 7.01. The standard InChI is InChI=1S/C17H19BrFNO/c1-10-5-6-11(17(2,3)4)15(7-10)21-16-8-12(18)13(19)9-14(16)20/h5-9H,20H2,1-4H3. The molecule has 0 heterocycles. The third kappa shape index (κ3) is 3.56. The van der Waals surface area contributed by atoms with Crippen molar-refractivity contribution in [3.05, 3.63) is 51.7 Å². The molecule has 2 rings (SSSR count). The first-order valence-corrected chi connectivity index (χ1v) is 7.51. The van der Waals surface area contributed by atoms with Gasteiger partial charge in [-0.15, -0.1) is 0 Å². The lowest BCUT2D eigenvalue weighted by atomic mass is 9.86. The molecule has 4 heteroatoms. The molecule has 2 N–H and O–H groups in total. The van der Waals surface area contributed by atoms with E-state index in [9.17, 15) is 4.39 Å². The summed E-state index contributed by atoms with van der Waals surface area (Å²) in [6.45, 7) is 8.36. The fraction of sp³-hybridized carbons (Fsp3) is 0.294. The number of halogens is 2. The molecule has 0 aromatic heterocycles. The molecule has 2 aromatic rings. The number of hydrogen-bond acceptors (Lipinski definition) is 2. The SMILES string of the molecule is Cc1ccc(C(C)(C)C)c(Oc2cc(Br)c(F)cc2N)c1. The zero-order valence-corrected chi connectivity index (χ0v) is 14.2. The van der Waals surface area contributed by atoms with Crippen LogP contribution in [0.5, 0.6) is 11.5 Å². The van der Waals surface area contributed by atoms with Crippen LogP contribution in [0.25, 0.3) is 0 Å². The first-order valence-electron chi connectivity index (χ1n) is 6.72. The number of nitrogens with two attached hydrogens (primary N) is 1. The van der Waals surface area contributed by atoms with Crippen molar-refractivity contribution in [2.45, 2.75) is 33.1 Å². The Morgan fingerprint density at radius 3 is 2.38 bits per heavy atom. The van der Waals surface area contributed by atoms with Gasteiger partial charge in [0, 0.05) is 17.7 Å². The van der Waals surface area contributed by atoms with Gasteiger partial charge in [-0.2, -0.15) is 0 Å². The van der Waals surface area contributed by atoms with Crippen molar-refractivity contribution in [3.63, 3.8) is 0 Å². The summed E-state index contributed by atoms with van der Waals surface area (Å²) in [5.41, 5.74) is 8.24. The number of nitrogen functional groups attached to an aromatic ring is 1. The predicted octanol–water partition coefficient (Wildman–Crippen LogP) is 5.57. The highest BCUT2D eigenvalue weighted by Crippen LogP contribution is 2.38. The number of aryl methyl sites for hydroxylation is 1. The molecule has 0 aliphatic carbocycles. The van der Waals surface area contributed by atoms with Gasteiger partial charge < -0.3 is 10.5 Å². The molecular formula is C17H19BrFNO. The maximum atomic E-state index is 13.4. The molecule has 0 unspecified atom stereocenters. The lowest BCUT2D eigenvalue weighted by Gasteiger charge is -2.23. The van der Waals surface area contributed by atoms with Gasteiger partial charge in [0.15, 0.2) is 5.75 Å². The maximum Gasteiger partial charge on any atom is 0.151 e. The summed E-state index contributed by atoms with van der Waals surface area (Å²) in [4.78, 5) is 0. The van der Waals surface area contributed by atoms with E-state index >= 15 is 0 Å². The lowest BCUT2D eigenvalue weighted by Crippen LogP contribution is -2.12. The molecule has 0 saturated heterocycles. The van der Waals surface area contributed by atoms with Crippen molar-refractivity contribution in [2.75, 3.05) is 5.73 Å². The Morgan fingerprint density at radius 2 is 1.76 bits per heavy atom. The van der Waals surface area contributed by atoms with Crippen LogP contribution in [0.2, 0.25) is 0 Å². The minimum absolute atomic E-state index is 0.0605. The van der Waals surface area contributed by atoms with E-state index in [4.69, 9.17) is 10.5 Å². The fourth-order valence-corrected chi connectivity index (χ4v) is 2.41. The van der Waals surface area contributed by atoms with Gasteiger partial charge >= 0.3 is 0 Å². The molecule has 2 aromatic carbocycles. The average molecular weight is 352 g/mol. The Kier molecular flexibility index (Phi) is 4.28. The van der Waals surface area contributed by atoms with Gasteiger partial charge in [-0.3, -0.25) is 0 Å². The number of benzene rings is 2. The van der Waals surface area contributed by atoms with Crippen molar-refractivity contribution in [3.8, 4) is 11.5 Å². The van der Waals surface area contributed by atoms with Gasteiger partial charge in [0.1, 0.15) is 11.6 Å². The van der Waals surface area contributed by atoms with E-state index < -0.39 is 5.82 Å². The monoisotopic (exact) mass is 351 g/mol. The summed E-state index contributed by atoms with van der Waals surface area (Å²) in [5, 5.41) is 0. The topological polar surface area (TPSA) is 35.2 Å². The second-order valence-electron chi connectivity index (χ2n) is 6.16. The maximum absolute atomic E-state index is 13.4. The highest BCUT2D eigenvalue weighted by molar-refractivity contribution is 9.10. The molecular weight excluding hydrogens is 333 g/mol. The van der Waals surface area contributed by atoms with Crippen LogP contribution >= 0.6 is 15.9 Å². The van der Waals surface area contributed by atoms with Crippen molar-refractivity contribution in [1.82, 2.24) is 0 Å². The molecule has 0 saturated carbocycles. The van der Waals surface area contributed by atoms with Crippen LogP contribution < -0.4 is 10.5 Å². The minimum Gasteiger partial charge on any atom is -0.455 e. The number of anilines is 1. The molecule has 0 bridgehead atoms. The van der Waals surface area contributed by atoms with Gasteiger partial charge in [0.2, 0.25) is 0 Å². The van der Waals surface area contributed by atoms with E-state index in [1.807, 2.05) is 13.0 Å². The Hall–Kier alpha value is -1.55. The van der Waals surface area contributed by atoms with E-state index in [-0.39, 0.29) is 11.1 Å². The predicted molar refractivity (Wildman–Crippen MR) is 88.5 cm³/mol. The van der Waals surface area contributed by atoms with Gasteiger partial charge in [-0.25, -0.2) is 4.39 Å². The normalized spacial score (nSPS) is 11.5. The first-order chi connectivity index (χ1) is 9.68. The average Bonchev–Trinajstić information content (AvgIpc) is 2.34. The molecule has 112 valence electrons. The molecule has 21 heavy (non-hydrogen) atoms. The summed E-state index contributed by atoms with van der Waals surface area (Å²) in [7, 11) is 0. The van der Waals surface area contributed by atoms with Crippen LogP contribution in [0.15, 0.2) is 34.8 Å². The summed E-state index contributed by atoms with van der Waals surface area (Å²) in [6, 6.07) is 8.89. The zero-order valence-electron chi connectivity index (χ0n) is 12.6. The highest BCUT2D eigenvalue weighted by Gasteiger charge is 2.20. The smallest absolute Gasteiger partial charge is 0.151 e. The van der Waals surface area contributed by atoms with Crippen molar-refractivity contribution in [1.29, 1.82) is 0 Å². The van der Waals surface area contributed by atoms with Crippen molar-refractivity contribution >= 4 is 21.6 Å². The number of hydrogen-bond donors (Lipinski definition) is 1. The first kappa shape index (κ1) is 15.8. The third-order valence-electron chi connectivity index (χ3n) is 3.22. The van der Waals surface area contributed by atoms with Gasteiger partial charge in [0.25, 0.3) is 0 Å². The molecule has 0 amide bonds. The molecule has 0 aliphatic rings. The van der Waals surface area contributed by atoms with Crippen LogP contribution in [0.4, 0.5) is 10.1 Å². The van der Waals surface area contributed by atoms with Gasteiger partial charge in [-0.05, 0) is 39.9 Å². The van der Waals surface area contributed by atoms with Crippen LogP contribution in [0.1, 0.15) is 31.9 Å². The van der Waals surface area contributed by atoms with Gasteiger partial charge in [0.05, 0.1) is 10.2 Å². The Morgan fingerprint density at radius 1 is 1.10 bits per heavy atom. The quantitative estimate of drug-likeness (QED) is 0.718. The van der Waals surface area contributed by atoms with Crippen LogP contribution in [0.3, 0.4) is 0 Å². The summed E-state index contributed by atoms with van der Waals surface area (Å²) < 4.78 is 19.7. The largest absolute Gasteiger partial charge is 0.455 e. The molecule has 0 fully saturated rings. The fourth-order valence-electron chi connectivity index (χ4n) is 2.08. The molecule has 0 radical (unpaired) electrons. The van der Waals surface area contributed by atoms with Gasteiger partial charge in [-0.1, -0.05) is 32.9 Å². The summed E-state index contributed by atoms with van der Waals surface area (Å²) in [5.74, 6) is 0.784. The molecule has 0 aliphatic heterocycles. The molecule has 2 nitrogen and oxygen atoms in total. The Bertz CT molecular complexity index is 677. The second kappa shape index (κ2) is 5.68. The third-order valence-corrected chi connectivity index (χ3v) is 3.83. The Balaban J connectivity index is 2.49. The number of ether oxygens (including phenoxy) is 1. The minimum atomic E-state index is -0.403. The van der Waals surface area contributed by atoms with Crippen molar-refractivity contribution in [2.24, 2.45) is 0 Å². The van der Waals surface area contributed by atoms with Crippen LogP contribution in [-0.2, 0) is 5.41 Å². The summed E-state index contributed by atoms with van der Waals surface area (Å²) in [6.07, 6.45) is 0. The highest BCUT2D eigenvalue weighted by atomic mass is 79.9. The van der Waals surface area contributed by atoms with E-state index in [1.165, 1.54) is 6.07 Å². The lowest BCUT2D eigenvalue weighted by molar-refractivity contribution is 0.455. The van der Waals surface area contributed by atoms with Crippen LogP contribution in [0, 0.1) is 12.7 Å². The van der Waals surface area contributed by atoms with E-state index in [2.05, 4.69) is 48.8 Å². The zero-order chi connectivity index (χ0) is 15.8. The molecule has 0 spiro atoms. The molecule has 0 atom stereocenters. The van der Waals surface area contributed by atoms with E-state index in [0.717, 1.165) is 16.9 Å². The summed E-state index contributed by atoms with van der Waals surface area (Å²) >= 11 is 3.16. The number of rotatable bonds is 2. The van der Waals surface area contributed by atoms with E-state index in [0.29, 0.717) is 10.2 Å². The van der Waals surface area contributed by atoms with Crippen molar-refractivity contribution < 1.29 is 9.13 Å².